The second kappa shape index (κ2) is 39.7. The third-order valence-corrected chi connectivity index (χ3v) is 21.0. The molecule has 11 aromatic heterocycles. The summed E-state index contributed by atoms with van der Waals surface area (Å²) in [4.78, 5) is 97.6. The summed E-state index contributed by atoms with van der Waals surface area (Å²) in [5.41, 5.74) is 28.8. The fraction of sp³-hybridized carbons (Fsp3) is 0.319. The highest BCUT2D eigenvalue weighted by Gasteiger charge is 2.31. The summed E-state index contributed by atoms with van der Waals surface area (Å²) >= 11 is 0. The molecule has 4 aliphatic rings. The molecule has 4 aliphatic heterocycles. The Hall–Kier alpha value is -13.3. The van der Waals surface area contributed by atoms with Gasteiger partial charge in [0.15, 0.2) is 0 Å². The maximum atomic E-state index is 13.5. The molecule has 0 radical (unpaired) electrons. The van der Waals surface area contributed by atoms with Crippen molar-refractivity contribution in [2.75, 3.05) is 128 Å². The van der Waals surface area contributed by atoms with Gasteiger partial charge >= 0.3 is 0 Å². The van der Waals surface area contributed by atoms with Crippen LogP contribution in [0, 0.1) is 44.4 Å². The minimum Gasteiger partial charge on any atom is -0.461 e. The van der Waals surface area contributed by atoms with Crippen LogP contribution in [-0.4, -0.2) is 171 Å². The highest BCUT2D eigenvalue weighted by atomic mass is 16.3. The van der Waals surface area contributed by atoms with E-state index in [1.165, 1.54) is 5.56 Å². The molecule has 4 saturated heterocycles. The molecule has 16 rings (SSSR count). The summed E-state index contributed by atoms with van der Waals surface area (Å²) in [5.74, 6) is 13.6. The first-order valence-electron chi connectivity index (χ1n) is 41.3. The van der Waals surface area contributed by atoms with Crippen molar-refractivity contribution < 1.29 is 51.8 Å². The lowest BCUT2D eigenvalue weighted by atomic mass is 10.0. The Morgan fingerprint density at radius 2 is 0.779 bits per heavy atom. The fourth-order valence-electron chi connectivity index (χ4n) is 15.1. The molecule has 0 amide bonds. The highest BCUT2D eigenvalue weighted by Crippen LogP contribution is 2.35. The van der Waals surface area contributed by atoms with Crippen molar-refractivity contribution in [3.05, 3.63) is 262 Å². The minimum absolute atomic E-state index is 0. The zero-order chi connectivity index (χ0) is 86.1. The van der Waals surface area contributed by atoms with Crippen molar-refractivity contribution in [3.63, 3.8) is 0 Å². The summed E-state index contributed by atoms with van der Waals surface area (Å²) in [6, 6.07) is 51.1. The summed E-state index contributed by atoms with van der Waals surface area (Å²) in [6.45, 7) is 28.6. The molecular weight excluding hydrogens is 1540 g/mol. The Morgan fingerprint density at radius 1 is 0.434 bits per heavy atom. The largest absolute Gasteiger partial charge is 0.461 e. The van der Waals surface area contributed by atoms with Gasteiger partial charge in [0.1, 0.15) is 109 Å². The number of nitrogen functional groups attached to an aromatic ring is 4. The Kier molecular flexibility index (Phi) is 28.2. The zero-order valence-corrected chi connectivity index (χ0v) is 70.4. The number of nitrogens with two attached hydrogens (primary N) is 4. The molecule has 1 aromatic carbocycles. The number of furan rings is 3. The van der Waals surface area contributed by atoms with Crippen LogP contribution in [0.1, 0.15) is 167 Å². The molecule has 13 N–H and O–H groups in total. The number of anilines is 8. The average molecular weight is 1660 g/mol. The standard InChI is InChI=1S/C26H25N5O2.C24H29N5O2.C24H31N5O2.C20H21N5O2.10H2/c1-17-9-11-22(33-17)19-10-12-23(30-24(19)25(32)20-8-5-13-29-26(20)27)31-15-14-28-21(16-31)18-6-3-2-4-7-18;1-15(2)13-17-14-29(12-11-26-17)21-9-7-18(20-8-6-16(3)31-20)22(28-21)23(30)19-5-4-10-27-24(19)25;1-16(2)14-18-15-29(13-12-26-18)20-8-7-17(9-10-24(3,4)31)21(28-20)22(30)19-6-5-11-27-23(19)25;1-13-4-6-16(27-13)14-5-7-17(25-11-9-22-10-12-25)24-18(14)19(26)15-3-2-8-23-20(15)21;;;;;;;;;;/h2-13,21,28H,14-16H2,1H3,(H2,27,29);4-10,15,17,26H,11-14H2,1-3H3,(H2,25,27);5-8,11,16,18,26,31H,12-15H2,1-4H3,(H2,25,27);2-8,22H,9-12H2,1H3,(H2,21,23);10*1H/t;17-;18-;;;;;;;;;;;/m.00.........../s1. The zero-order valence-electron chi connectivity index (χ0n) is 70.4. The van der Waals surface area contributed by atoms with Crippen LogP contribution in [-0.2, 0) is 0 Å². The number of aromatic nitrogens is 8. The van der Waals surface area contributed by atoms with Gasteiger partial charge in [-0.3, -0.25) is 19.2 Å². The molecular formula is C94H126N20O8. The fourth-order valence-corrected chi connectivity index (χ4v) is 15.1. The normalized spacial score (nSPS) is 16.0. The van der Waals surface area contributed by atoms with Gasteiger partial charge in [-0.05, 0) is 198 Å². The molecule has 0 saturated carbocycles. The summed E-state index contributed by atoms with van der Waals surface area (Å²) < 4.78 is 17.4. The number of piperazine rings is 4. The Bertz CT molecular complexity index is 5770. The molecule has 28 heteroatoms. The molecule has 12 aromatic rings. The Labute approximate surface area is 725 Å². The average Bonchev–Trinajstić information content (AvgIpc) is 1.33. The molecule has 122 heavy (non-hydrogen) atoms. The van der Waals surface area contributed by atoms with E-state index in [1.54, 1.807) is 93.2 Å². The third-order valence-electron chi connectivity index (χ3n) is 21.0. The molecule has 0 aliphatic carbocycles. The highest BCUT2D eigenvalue weighted by molar-refractivity contribution is 6.16. The van der Waals surface area contributed by atoms with E-state index in [0.717, 1.165) is 138 Å². The van der Waals surface area contributed by atoms with Crippen molar-refractivity contribution in [1.29, 1.82) is 0 Å². The predicted molar refractivity (Wildman–Crippen MR) is 498 cm³/mol. The number of nitrogens with one attached hydrogen (secondary N) is 4. The minimum atomic E-state index is -1.19. The van der Waals surface area contributed by atoms with Gasteiger partial charge in [0.25, 0.3) is 0 Å². The molecule has 1 unspecified atom stereocenters. The number of ketones is 4. The molecule has 0 spiro atoms. The van der Waals surface area contributed by atoms with E-state index in [2.05, 4.69) is 112 Å². The maximum absolute atomic E-state index is 13.5. The van der Waals surface area contributed by atoms with E-state index in [4.69, 9.17) is 56.1 Å². The summed E-state index contributed by atoms with van der Waals surface area (Å²) in [6.07, 6.45) is 8.41. The van der Waals surface area contributed by atoms with Crippen molar-refractivity contribution in [3.8, 4) is 45.8 Å². The topological polar surface area (TPSA) is 396 Å². The van der Waals surface area contributed by atoms with Gasteiger partial charge in [-0.15, -0.1) is 0 Å². The number of benzene rings is 1. The van der Waals surface area contributed by atoms with E-state index >= 15 is 0 Å². The van der Waals surface area contributed by atoms with Crippen molar-refractivity contribution in [2.24, 2.45) is 11.8 Å². The van der Waals surface area contributed by atoms with Gasteiger partial charge in [0.05, 0.1) is 27.8 Å². The lowest BCUT2D eigenvalue weighted by Crippen LogP contribution is -2.51. The molecule has 0 bridgehead atoms. The first-order valence-corrected chi connectivity index (χ1v) is 41.3. The van der Waals surface area contributed by atoms with Crippen LogP contribution in [0.4, 0.5) is 46.5 Å². The molecule has 650 valence electrons. The van der Waals surface area contributed by atoms with E-state index in [9.17, 15) is 24.3 Å². The molecule has 4 fully saturated rings. The van der Waals surface area contributed by atoms with Crippen LogP contribution in [0.15, 0.2) is 202 Å². The lowest BCUT2D eigenvalue weighted by molar-refractivity contribution is 0.102. The molecule has 15 heterocycles. The van der Waals surface area contributed by atoms with E-state index in [-0.39, 0.29) is 78.0 Å². The Morgan fingerprint density at radius 3 is 1.14 bits per heavy atom. The third kappa shape index (κ3) is 21.8. The number of rotatable bonds is 20. The Balaban J connectivity index is 0.000000443. The van der Waals surface area contributed by atoms with Crippen LogP contribution in [0.3, 0.4) is 0 Å². The maximum Gasteiger partial charge on any atom is 0.216 e. The monoisotopic (exact) mass is 1660 g/mol. The first kappa shape index (κ1) is 86.5. The number of aliphatic hydroxyl groups is 1. The van der Waals surface area contributed by atoms with Crippen molar-refractivity contribution in [2.45, 2.75) is 98.9 Å². The summed E-state index contributed by atoms with van der Waals surface area (Å²) in [7, 11) is 0. The van der Waals surface area contributed by atoms with Gasteiger partial charge < -0.3 is 82.2 Å². The van der Waals surface area contributed by atoms with Crippen LogP contribution < -0.4 is 63.8 Å². The number of pyridine rings is 8. The van der Waals surface area contributed by atoms with Gasteiger partial charge in [0.2, 0.25) is 23.1 Å². The van der Waals surface area contributed by atoms with Gasteiger partial charge in [-0.25, -0.2) is 39.9 Å². The van der Waals surface area contributed by atoms with Crippen molar-refractivity contribution >= 4 is 69.7 Å². The van der Waals surface area contributed by atoms with E-state index in [0.29, 0.717) is 97.2 Å². The van der Waals surface area contributed by atoms with Crippen LogP contribution in [0.2, 0.25) is 0 Å². The van der Waals surface area contributed by atoms with Crippen molar-refractivity contribution in [1.82, 2.24) is 61.1 Å². The number of carbonyl (C=O) groups is 4. The quantitative estimate of drug-likeness (QED) is 0.0253. The second-order valence-corrected chi connectivity index (χ2v) is 31.9. The van der Waals surface area contributed by atoms with Gasteiger partial charge in [-0.1, -0.05) is 69.9 Å². The van der Waals surface area contributed by atoms with Gasteiger partial charge in [-0.2, -0.15) is 0 Å². The lowest BCUT2D eigenvalue weighted by Gasteiger charge is -2.35. The van der Waals surface area contributed by atoms with E-state index in [1.807, 2.05) is 118 Å². The van der Waals surface area contributed by atoms with Crippen LogP contribution in [0.25, 0.3) is 34.0 Å². The SMILES string of the molecule is CC(C)C[C@H]1CN(c2ccc(C#CC(C)(C)O)c(C(=O)c3cccnc3N)n2)CCN1.Cc1ccc(-c2ccc(N3CCNC(c4ccccc4)C3)nc2C(=O)c2cccnc2N)o1.Cc1ccc(-c2ccc(N3CCNCC3)nc2C(=O)c2cccnc2N)o1.Cc1ccc(-c2ccc(N3CCN[C@@H](CC(C)C)C3)nc2C(=O)c2cccnc2N)o1.[HH].[HH].[HH].[HH].[HH].[HH].[HH].[HH].[HH].[HH]. The van der Waals surface area contributed by atoms with Gasteiger partial charge in [0, 0.05) is 159 Å². The number of aryl methyl sites for hydroxylation is 3. The van der Waals surface area contributed by atoms with Crippen LogP contribution >= 0.6 is 0 Å². The van der Waals surface area contributed by atoms with E-state index < -0.39 is 5.60 Å². The smallest absolute Gasteiger partial charge is 0.216 e. The first-order chi connectivity index (χ1) is 58.8. The number of hydrogen-bond acceptors (Lipinski definition) is 28. The molecule has 28 nitrogen and oxygen atoms in total. The number of nitrogens with zero attached hydrogens (tertiary/aromatic N) is 12. The molecule has 3 atom stereocenters. The predicted octanol–water partition coefficient (Wildman–Crippen LogP) is 14.7. The number of hydrogen-bond donors (Lipinski definition) is 9. The second-order valence-electron chi connectivity index (χ2n) is 31.9. The van der Waals surface area contributed by atoms with Crippen LogP contribution in [0.5, 0.6) is 0 Å². The number of carbonyl (C=O) groups excluding carboxylic acids is 4. The summed E-state index contributed by atoms with van der Waals surface area (Å²) in [5, 5.41) is 24.0.